The molecule has 7 nitrogen and oxygen atoms in total. The monoisotopic (exact) mass is 381 g/mol. The average Bonchev–Trinajstić information content (AvgIpc) is 3.05. The Kier molecular flexibility index (Phi) is 5.93. The van der Waals surface area contributed by atoms with Crippen LogP contribution in [0.3, 0.4) is 0 Å². The van der Waals surface area contributed by atoms with E-state index in [9.17, 15) is 14.4 Å². The molecule has 2 N–H and O–H groups in total. The quantitative estimate of drug-likeness (QED) is 0.805. The van der Waals surface area contributed by atoms with E-state index in [1.54, 1.807) is 53.4 Å². The lowest BCUT2D eigenvalue weighted by Gasteiger charge is -2.18. The highest BCUT2D eigenvalue weighted by Crippen LogP contribution is 2.28. The lowest BCUT2D eigenvalue weighted by molar-refractivity contribution is -0.122. The Balaban J connectivity index is 1.65. The van der Waals surface area contributed by atoms with Gasteiger partial charge in [0, 0.05) is 37.0 Å². The van der Waals surface area contributed by atoms with E-state index in [0.717, 1.165) is 5.75 Å². The highest BCUT2D eigenvalue weighted by molar-refractivity contribution is 6.04. The van der Waals surface area contributed by atoms with Crippen molar-refractivity contribution in [3.8, 4) is 5.75 Å². The topological polar surface area (TPSA) is 87.7 Å². The molecule has 0 saturated carbocycles. The van der Waals surface area contributed by atoms with Crippen LogP contribution in [-0.2, 0) is 14.4 Å². The van der Waals surface area contributed by atoms with Gasteiger partial charge in [0.2, 0.25) is 17.7 Å². The van der Waals surface area contributed by atoms with Gasteiger partial charge in [0.25, 0.3) is 0 Å². The Labute approximate surface area is 163 Å². The number of benzene rings is 2. The third kappa shape index (κ3) is 4.68. The fraction of sp³-hybridized carbons (Fsp3) is 0.286. The predicted octanol–water partition coefficient (Wildman–Crippen LogP) is 3.04. The van der Waals surface area contributed by atoms with E-state index >= 15 is 0 Å². The fourth-order valence-corrected chi connectivity index (χ4v) is 3.13. The Morgan fingerprint density at radius 2 is 1.86 bits per heavy atom. The van der Waals surface area contributed by atoms with Gasteiger partial charge in [0.05, 0.1) is 12.5 Å². The molecule has 0 aromatic heterocycles. The SMILES string of the molecule is CCOc1ccc(NC(=O)C2CC(=O)N(c3cccc(NC(C)=O)c3)C2)cc1. The second-order valence-electron chi connectivity index (χ2n) is 6.58. The highest BCUT2D eigenvalue weighted by Gasteiger charge is 2.35. The first-order chi connectivity index (χ1) is 13.5. The van der Waals surface area contributed by atoms with Gasteiger partial charge in [-0.25, -0.2) is 0 Å². The molecule has 3 rings (SSSR count). The first-order valence-corrected chi connectivity index (χ1v) is 9.18. The van der Waals surface area contributed by atoms with Crippen LogP contribution in [0.15, 0.2) is 48.5 Å². The number of rotatable bonds is 6. The van der Waals surface area contributed by atoms with E-state index in [1.165, 1.54) is 6.92 Å². The summed E-state index contributed by atoms with van der Waals surface area (Å²) in [5, 5.41) is 5.55. The lowest BCUT2D eigenvalue weighted by atomic mass is 10.1. The first kappa shape index (κ1) is 19.4. The van der Waals surface area contributed by atoms with Crippen LogP contribution in [0.2, 0.25) is 0 Å². The standard InChI is InChI=1S/C21H23N3O4/c1-3-28-19-9-7-16(8-10-19)23-21(27)15-11-20(26)24(13-15)18-6-4-5-17(12-18)22-14(2)25/h4-10,12,15H,3,11,13H2,1-2H3,(H,22,25)(H,23,27). The molecule has 1 fully saturated rings. The second kappa shape index (κ2) is 8.56. The van der Waals surface area contributed by atoms with Crippen LogP contribution in [0.5, 0.6) is 5.75 Å². The molecule has 1 unspecified atom stereocenters. The molecule has 2 aromatic carbocycles. The summed E-state index contributed by atoms with van der Waals surface area (Å²) in [6, 6.07) is 14.2. The Morgan fingerprint density at radius 1 is 1.11 bits per heavy atom. The minimum absolute atomic E-state index is 0.119. The summed E-state index contributed by atoms with van der Waals surface area (Å²) < 4.78 is 5.39. The molecule has 7 heteroatoms. The second-order valence-corrected chi connectivity index (χ2v) is 6.58. The predicted molar refractivity (Wildman–Crippen MR) is 107 cm³/mol. The van der Waals surface area contributed by atoms with Gasteiger partial charge in [-0.3, -0.25) is 14.4 Å². The zero-order valence-electron chi connectivity index (χ0n) is 15.9. The van der Waals surface area contributed by atoms with Crippen LogP contribution in [-0.4, -0.2) is 30.9 Å². The van der Waals surface area contributed by atoms with Crippen molar-refractivity contribution >= 4 is 34.8 Å². The van der Waals surface area contributed by atoms with E-state index in [1.807, 2.05) is 6.92 Å². The molecule has 0 bridgehead atoms. The van der Waals surface area contributed by atoms with Crippen LogP contribution in [0, 0.1) is 5.92 Å². The Hall–Kier alpha value is -3.35. The number of nitrogens with zero attached hydrogens (tertiary/aromatic N) is 1. The van der Waals surface area contributed by atoms with Gasteiger partial charge in [-0.05, 0) is 49.4 Å². The third-order valence-corrected chi connectivity index (χ3v) is 4.41. The van der Waals surface area contributed by atoms with Crippen molar-refractivity contribution in [2.45, 2.75) is 20.3 Å². The van der Waals surface area contributed by atoms with E-state index in [2.05, 4.69) is 10.6 Å². The summed E-state index contributed by atoms with van der Waals surface area (Å²) in [5.41, 5.74) is 1.93. The molecule has 1 aliphatic heterocycles. The molecular weight excluding hydrogens is 358 g/mol. The first-order valence-electron chi connectivity index (χ1n) is 9.18. The number of carbonyl (C=O) groups is 3. The van der Waals surface area contributed by atoms with Gasteiger partial charge in [-0.1, -0.05) is 6.07 Å². The number of hydrogen-bond donors (Lipinski definition) is 2. The number of anilines is 3. The zero-order chi connectivity index (χ0) is 20.1. The highest BCUT2D eigenvalue weighted by atomic mass is 16.5. The van der Waals surface area contributed by atoms with E-state index in [4.69, 9.17) is 4.74 Å². The van der Waals surface area contributed by atoms with E-state index in [-0.39, 0.29) is 24.1 Å². The smallest absolute Gasteiger partial charge is 0.229 e. The normalized spacial score (nSPS) is 16.0. The van der Waals surface area contributed by atoms with E-state index in [0.29, 0.717) is 30.2 Å². The number of ether oxygens (including phenoxy) is 1. The van der Waals surface area contributed by atoms with Crippen molar-refractivity contribution < 1.29 is 19.1 Å². The van der Waals surface area contributed by atoms with Crippen LogP contribution >= 0.6 is 0 Å². The van der Waals surface area contributed by atoms with Crippen LogP contribution in [0.1, 0.15) is 20.3 Å². The summed E-state index contributed by atoms with van der Waals surface area (Å²) in [7, 11) is 0. The number of hydrogen-bond acceptors (Lipinski definition) is 4. The minimum Gasteiger partial charge on any atom is -0.494 e. The molecule has 146 valence electrons. The van der Waals surface area contributed by atoms with Gasteiger partial charge in [-0.15, -0.1) is 0 Å². The molecule has 1 heterocycles. The Morgan fingerprint density at radius 3 is 2.54 bits per heavy atom. The van der Waals surface area contributed by atoms with Crippen molar-refractivity contribution in [2.24, 2.45) is 5.92 Å². The molecule has 1 aliphatic rings. The summed E-state index contributed by atoms with van der Waals surface area (Å²) in [5.74, 6) is -0.201. The molecule has 2 aromatic rings. The molecule has 0 spiro atoms. The maximum absolute atomic E-state index is 12.6. The maximum Gasteiger partial charge on any atom is 0.229 e. The van der Waals surface area contributed by atoms with Crippen molar-refractivity contribution in [3.05, 3.63) is 48.5 Å². The third-order valence-electron chi connectivity index (χ3n) is 4.41. The molecule has 1 saturated heterocycles. The largest absolute Gasteiger partial charge is 0.494 e. The van der Waals surface area contributed by atoms with Crippen molar-refractivity contribution in [3.63, 3.8) is 0 Å². The minimum atomic E-state index is -0.441. The molecule has 28 heavy (non-hydrogen) atoms. The molecular formula is C21H23N3O4. The van der Waals surface area contributed by atoms with Gasteiger partial charge in [0.15, 0.2) is 0 Å². The average molecular weight is 381 g/mol. The van der Waals surface area contributed by atoms with Crippen LogP contribution in [0.4, 0.5) is 17.1 Å². The summed E-state index contributed by atoms with van der Waals surface area (Å²) in [6.45, 7) is 4.21. The molecule has 0 aliphatic carbocycles. The maximum atomic E-state index is 12.6. The number of nitrogens with one attached hydrogen (secondary N) is 2. The van der Waals surface area contributed by atoms with Gasteiger partial charge >= 0.3 is 0 Å². The van der Waals surface area contributed by atoms with Gasteiger partial charge in [-0.2, -0.15) is 0 Å². The Bertz CT molecular complexity index is 879. The van der Waals surface area contributed by atoms with E-state index < -0.39 is 5.92 Å². The lowest BCUT2D eigenvalue weighted by Crippen LogP contribution is -2.28. The molecule has 0 radical (unpaired) electrons. The van der Waals surface area contributed by atoms with Crippen LogP contribution < -0.4 is 20.3 Å². The van der Waals surface area contributed by atoms with Gasteiger partial charge < -0.3 is 20.3 Å². The van der Waals surface area contributed by atoms with Gasteiger partial charge in [0.1, 0.15) is 5.75 Å². The van der Waals surface area contributed by atoms with Crippen molar-refractivity contribution in [1.29, 1.82) is 0 Å². The summed E-state index contributed by atoms with van der Waals surface area (Å²) in [6.07, 6.45) is 0.146. The number of carbonyl (C=O) groups excluding carboxylic acids is 3. The van der Waals surface area contributed by atoms with Crippen molar-refractivity contribution in [1.82, 2.24) is 0 Å². The van der Waals surface area contributed by atoms with Crippen LogP contribution in [0.25, 0.3) is 0 Å². The molecule has 3 amide bonds. The molecule has 1 atom stereocenters. The zero-order valence-corrected chi connectivity index (χ0v) is 15.9. The summed E-state index contributed by atoms with van der Waals surface area (Å²) >= 11 is 0. The van der Waals surface area contributed by atoms with Crippen molar-refractivity contribution in [2.75, 3.05) is 28.7 Å². The summed E-state index contributed by atoms with van der Waals surface area (Å²) in [4.78, 5) is 37.8. The fourth-order valence-electron chi connectivity index (χ4n) is 3.13. The number of amides is 3.